The Labute approximate surface area is 108 Å². The molecule has 86 valence electrons. The molecule has 3 rings (SSSR count). The van der Waals surface area contributed by atoms with Gasteiger partial charge < -0.3 is 0 Å². The molecular formula is C13H11NOS2. The van der Waals surface area contributed by atoms with E-state index in [1.54, 1.807) is 34.8 Å². The molecule has 1 aliphatic rings. The third kappa shape index (κ3) is 2.15. The quantitative estimate of drug-likeness (QED) is 0.850. The highest BCUT2D eigenvalue weighted by Crippen LogP contribution is 2.40. The van der Waals surface area contributed by atoms with Crippen LogP contribution in [0.3, 0.4) is 0 Å². The second-order valence-corrected chi connectivity index (χ2v) is 6.04. The molecule has 0 saturated heterocycles. The highest BCUT2D eigenvalue weighted by Gasteiger charge is 2.28. The minimum absolute atomic E-state index is 0.0679. The Morgan fingerprint density at radius 3 is 3.12 bits per heavy atom. The van der Waals surface area contributed by atoms with E-state index in [-0.39, 0.29) is 5.92 Å². The summed E-state index contributed by atoms with van der Waals surface area (Å²) in [7, 11) is 0. The second kappa shape index (κ2) is 4.63. The van der Waals surface area contributed by atoms with Gasteiger partial charge in [0, 0.05) is 28.1 Å². The predicted molar refractivity (Wildman–Crippen MR) is 70.7 cm³/mol. The zero-order valence-corrected chi connectivity index (χ0v) is 10.8. The molecule has 1 atom stereocenters. The van der Waals surface area contributed by atoms with E-state index in [0.29, 0.717) is 12.2 Å². The van der Waals surface area contributed by atoms with E-state index in [1.807, 2.05) is 12.1 Å². The van der Waals surface area contributed by atoms with Crippen molar-refractivity contribution < 1.29 is 4.79 Å². The summed E-state index contributed by atoms with van der Waals surface area (Å²) >= 11 is 3.34. The predicted octanol–water partition coefficient (Wildman–Crippen LogP) is 3.14. The van der Waals surface area contributed by atoms with Crippen molar-refractivity contribution in [2.75, 3.05) is 5.75 Å². The van der Waals surface area contributed by atoms with Crippen LogP contribution in [-0.2, 0) is 11.2 Å². The number of ketones is 1. The lowest BCUT2D eigenvalue weighted by atomic mass is 9.95. The second-order valence-electron chi connectivity index (χ2n) is 4.01. The van der Waals surface area contributed by atoms with Gasteiger partial charge in [-0.3, -0.25) is 9.78 Å². The van der Waals surface area contributed by atoms with Crippen LogP contribution < -0.4 is 0 Å². The lowest BCUT2D eigenvalue weighted by molar-refractivity contribution is -0.119. The zero-order valence-electron chi connectivity index (χ0n) is 9.13. The van der Waals surface area contributed by atoms with Gasteiger partial charge in [-0.15, -0.1) is 23.1 Å². The molecule has 17 heavy (non-hydrogen) atoms. The maximum absolute atomic E-state index is 12.2. The van der Waals surface area contributed by atoms with Crippen LogP contribution in [0.25, 0.3) is 0 Å². The van der Waals surface area contributed by atoms with Gasteiger partial charge in [0.05, 0.1) is 11.4 Å². The van der Waals surface area contributed by atoms with Crippen LogP contribution in [0, 0.1) is 0 Å². The average molecular weight is 261 g/mol. The summed E-state index contributed by atoms with van der Waals surface area (Å²) in [6, 6.07) is 8.21. The van der Waals surface area contributed by atoms with Crippen molar-refractivity contribution in [3.05, 3.63) is 46.4 Å². The number of Topliss-reactive ketones (excluding diaryl/α,β-unsaturated/α-hetero) is 1. The van der Waals surface area contributed by atoms with E-state index in [1.165, 1.54) is 10.5 Å². The molecule has 0 fully saturated rings. The minimum Gasteiger partial charge on any atom is -0.299 e. The summed E-state index contributed by atoms with van der Waals surface area (Å²) in [6.45, 7) is 0. The molecular weight excluding hydrogens is 250 g/mol. The number of fused-ring (bicyclic) bond motifs is 1. The number of benzene rings is 1. The maximum Gasteiger partial charge on any atom is 0.146 e. The number of aromatic nitrogens is 1. The number of carbonyl (C=O) groups is 1. The number of rotatable bonds is 3. The van der Waals surface area contributed by atoms with Crippen molar-refractivity contribution in [2.45, 2.75) is 17.2 Å². The number of nitrogens with zero attached hydrogens (tertiary/aromatic N) is 1. The molecule has 2 aromatic rings. The third-order valence-corrected chi connectivity index (χ3v) is 4.88. The van der Waals surface area contributed by atoms with Crippen LogP contribution >= 0.6 is 23.1 Å². The fourth-order valence-corrected chi connectivity index (χ4v) is 3.92. The van der Waals surface area contributed by atoms with Crippen LogP contribution in [0.5, 0.6) is 0 Å². The van der Waals surface area contributed by atoms with Gasteiger partial charge in [0.2, 0.25) is 0 Å². The van der Waals surface area contributed by atoms with Gasteiger partial charge in [0.1, 0.15) is 5.78 Å². The van der Waals surface area contributed by atoms with Crippen molar-refractivity contribution in [3.63, 3.8) is 0 Å². The largest absolute Gasteiger partial charge is 0.299 e. The summed E-state index contributed by atoms with van der Waals surface area (Å²) in [5.41, 5.74) is 2.98. The standard InChI is InChI=1S/C13H11NOS2/c15-12(5-9-6-14-8-17-9)11-7-16-13-4-2-1-3-10(11)13/h1-4,6,8,11H,5,7H2. The van der Waals surface area contributed by atoms with Gasteiger partial charge >= 0.3 is 0 Å². The van der Waals surface area contributed by atoms with Gasteiger partial charge in [0.15, 0.2) is 0 Å². The van der Waals surface area contributed by atoms with E-state index in [9.17, 15) is 4.79 Å². The molecule has 1 aromatic heterocycles. The molecule has 1 aromatic carbocycles. The number of carbonyl (C=O) groups excluding carboxylic acids is 1. The van der Waals surface area contributed by atoms with Gasteiger partial charge in [-0.05, 0) is 11.6 Å². The molecule has 0 radical (unpaired) electrons. The monoisotopic (exact) mass is 261 g/mol. The zero-order chi connectivity index (χ0) is 11.7. The van der Waals surface area contributed by atoms with E-state index >= 15 is 0 Å². The Balaban J connectivity index is 1.80. The van der Waals surface area contributed by atoms with Crippen molar-refractivity contribution >= 4 is 28.9 Å². The van der Waals surface area contributed by atoms with Gasteiger partial charge in [-0.1, -0.05) is 18.2 Å². The molecule has 1 unspecified atom stereocenters. The van der Waals surface area contributed by atoms with Crippen LogP contribution in [0.4, 0.5) is 0 Å². The lowest BCUT2D eigenvalue weighted by Crippen LogP contribution is -2.14. The average Bonchev–Trinajstić information content (AvgIpc) is 2.96. The van der Waals surface area contributed by atoms with Crippen LogP contribution in [-0.4, -0.2) is 16.5 Å². The van der Waals surface area contributed by atoms with Gasteiger partial charge in [-0.2, -0.15) is 0 Å². The first-order valence-electron chi connectivity index (χ1n) is 5.46. The molecule has 0 saturated carbocycles. The number of hydrogen-bond acceptors (Lipinski definition) is 4. The first kappa shape index (κ1) is 11.0. The van der Waals surface area contributed by atoms with Crippen molar-refractivity contribution in [2.24, 2.45) is 0 Å². The SMILES string of the molecule is O=C(Cc1cncs1)C1CSc2ccccc21. The lowest BCUT2D eigenvalue weighted by Gasteiger charge is -2.08. The first-order valence-corrected chi connectivity index (χ1v) is 7.33. The summed E-state index contributed by atoms with van der Waals surface area (Å²) in [6.07, 6.45) is 2.31. The number of thioether (sulfide) groups is 1. The Morgan fingerprint density at radius 2 is 2.29 bits per heavy atom. The fourth-order valence-electron chi connectivity index (χ4n) is 2.05. The Hall–Kier alpha value is -1.13. The van der Waals surface area contributed by atoms with Crippen LogP contribution in [0.15, 0.2) is 40.9 Å². The van der Waals surface area contributed by atoms with Crippen molar-refractivity contribution in [1.82, 2.24) is 4.98 Å². The molecule has 0 amide bonds. The highest BCUT2D eigenvalue weighted by molar-refractivity contribution is 7.99. The number of hydrogen-bond donors (Lipinski definition) is 0. The summed E-state index contributed by atoms with van der Waals surface area (Å²) < 4.78 is 0. The van der Waals surface area contributed by atoms with Crippen molar-refractivity contribution in [1.29, 1.82) is 0 Å². The topological polar surface area (TPSA) is 30.0 Å². The Kier molecular flexibility index (Phi) is 2.99. The molecule has 0 N–H and O–H groups in total. The molecule has 0 bridgehead atoms. The van der Waals surface area contributed by atoms with E-state index in [0.717, 1.165) is 10.6 Å². The van der Waals surface area contributed by atoms with Crippen molar-refractivity contribution in [3.8, 4) is 0 Å². The van der Waals surface area contributed by atoms with Gasteiger partial charge in [-0.25, -0.2) is 0 Å². The molecule has 4 heteroatoms. The Morgan fingerprint density at radius 1 is 1.41 bits per heavy atom. The fraction of sp³-hybridized carbons (Fsp3) is 0.231. The van der Waals surface area contributed by atoms with E-state index in [2.05, 4.69) is 17.1 Å². The van der Waals surface area contributed by atoms with E-state index < -0.39 is 0 Å². The minimum atomic E-state index is 0.0679. The normalized spacial score (nSPS) is 18.0. The smallest absolute Gasteiger partial charge is 0.146 e. The van der Waals surface area contributed by atoms with E-state index in [4.69, 9.17) is 0 Å². The molecule has 2 nitrogen and oxygen atoms in total. The van der Waals surface area contributed by atoms with Crippen LogP contribution in [0.1, 0.15) is 16.4 Å². The Bertz CT molecular complexity index is 536. The molecule has 2 heterocycles. The summed E-state index contributed by atoms with van der Waals surface area (Å²) in [4.78, 5) is 18.6. The van der Waals surface area contributed by atoms with Gasteiger partial charge in [0.25, 0.3) is 0 Å². The molecule has 0 aliphatic carbocycles. The van der Waals surface area contributed by atoms with Crippen LogP contribution in [0.2, 0.25) is 0 Å². The summed E-state index contributed by atoms with van der Waals surface area (Å²) in [5.74, 6) is 1.27. The number of thiazole rings is 1. The molecule has 0 spiro atoms. The summed E-state index contributed by atoms with van der Waals surface area (Å²) in [5, 5.41) is 0. The maximum atomic E-state index is 12.2. The molecule has 1 aliphatic heterocycles. The first-order chi connectivity index (χ1) is 8.34. The highest BCUT2D eigenvalue weighted by atomic mass is 32.2. The third-order valence-electron chi connectivity index (χ3n) is 2.92.